The molecule has 5 nitrogen and oxygen atoms in total. The zero-order valence-corrected chi connectivity index (χ0v) is 14.3. The molecule has 22 heavy (non-hydrogen) atoms. The predicted molar refractivity (Wildman–Crippen MR) is 89.4 cm³/mol. The zero-order valence-electron chi connectivity index (χ0n) is 12.8. The average molecular weight is 346 g/mol. The van der Waals surface area contributed by atoms with E-state index in [0.29, 0.717) is 29.6 Å². The third kappa shape index (κ3) is 7.64. The summed E-state index contributed by atoms with van der Waals surface area (Å²) >= 11 is 11.9. The third-order valence-corrected chi connectivity index (χ3v) is 3.52. The highest BCUT2D eigenvalue weighted by Gasteiger charge is 2.09. The molecule has 0 aliphatic rings. The number of benzene rings is 1. The Labute approximate surface area is 141 Å². The fraction of sp³-hybridized carbons (Fsp3) is 0.467. The van der Waals surface area contributed by atoms with Gasteiger partial charge < -0.3 is 15.5 Å². The van der Waals surface area contributed by atoms with Crippen LogP contribution in [0.4, 0.5) is 0 Å². The van der Waals surface area contributed by atoms with Crippen LogP contribution in [0.1, 0.15) is 12.0 Å². The van der Waals surface area contributed by atoms with E-state index in [4.69, 9.17) is 23.2 Å². The van der Waals surface area contributed by atoms with Crippen LogP contribution in [-0.4, -0.2) is 50.4 Å². The number of hydrogen-bond donors (Lipinski definition) is 2. The summed E-state index contributed by atoms with van der Waals surface area (Å²) in [4.78, 5) is 25.1. The smallest absolute Gasteiger partial charge is 0.229 e. The molecule has 0 heterocycles. The molecule has 1 aromatic rings. The lowest BCUT2D eigenvalue weighted by Crippen LogP contribution is -2.35. The van der Waals surface area contributed by atoms with Gasteiger partial charge in [-0.2, -0.15) is 0 Å². The van der Waals surface area contributed by atoms with Crippen molar-refractivity contribution >= 4 is 35.0 Å². The van der Waals surface area contributed by atoms with Gasteiger partial charge in [-0.3, -0.25) is 9.59 Å². The second-order valence-corrected chi connectivity index (χ2v) is 6.01. The Bertz CT molecular complexity index is 522. The third-order valence-electron chi connectivity index (χ3n) is 2.93. The molecule has 0 fully saturated rings. The second-order valence-electron chi connectivity index (χ2n) is 5.17. The lowest BCUT2D eigenvalue weighted by Gasteiger charge is -2.10. The van der Waals surface area contributed by atoms with Crippen molar-refractivity contribution in [3.05, 3.63) is 33.8 Å². The summed E-state index contributed by atoms with van der Waals surface area (Å²) in [6.07, 6.45) is 0.422. The van der Waals surface area contributed by atoms with Crippen molar-refractivity contribution in [2.24, 2.45) is 0 Å². The molecule has 2 N–H and O–H groups in total. The molecule has 2 amide bonds. The van der Waals surface area contributed by atoms with Crippen molar-refractivity contribution in [1.29, 1.82) is 0 Å². The van der Waals surface area contributed by atoms with E-state index in [1.165, 1.54) is 0 Å². The lowest BCUT2D eigenvalue weighted by molar-refractivity contribution is -0.129. The van der Waals surface area contributed by atoms with Gasteiger partial charge in [0.25, 0.3) is 0 Å². The molecule has 122 valence electrons. The van der Waals surface area contributed by atoms with Crippen molar-refractivity contribution in [3.8, 4) is 0 Å². The maximum Gasteiger partial charge on any atom is 0.229 e. The molecule has 0 bridgehead atoms. The van der Waals surface area contributed by atoms with E-state index in [1.807, 2.05) is 25.1 Å². The summed E-state index contributed by atoms with van der Waals surface area (Å²) in [5, 5.41) is 6.54. The van der Waals surface area contributed by atoms with Gasteiger partial charge in [-0.1, -0.05) is 29.3 Å². The molecular formula is C15H21Cl2N3O2. The highest BCUT2D eigenvalue weighted by Crippen LogP contribution is 2.20. The van der Waals surface area contributed by atoms with E-state index < -0.39 is 0 Å². The van der Waals surface area contributed by atoms with E-state index in [0.717, 1.165) is 12.1 Å². The summed E-state index contributed by atoms with van der Waals surface area (Å²) in [6, 6.07) is 5.24. The molecule has 1 aromatic carbocycles. The van der Waals surface area contributed by atoms with Crippen LogP contribution >= 0.6 is 23.2 Å². The first-order valence-electron chi connectivity index (χ1n) is 7.00. The Kier molecular flexibility index (Phi) is 8.24. The van der Waals surface area contributed by atoms with Crippen molar-refractivity contribution in [1.82, 2.24) is 15.5 Å². The number of rotatable bonds is 8. The number of nitrogens with one attached hydrogen (secondary N) is 2. The SMILES string of the molecule is CN(C)CCNC(=O)CC(=O)NCCc1ccc(Cl)cc1Cl. The van der Waals surface area contributed by atoms with Crippen LogP contribution in [0, 0.1) is 0 Å². The van der Waals surface area contributed by atoms with Gasteiger partial charge in [-0.05, 0) is 38.2 Å². The minimum Gasteiger partial charge on any atom is -0.355 e. The number of carbonyl (C=O) groups excluding carboxylic acids is 2. The van der Waals surface area contributed by atoms with Gasteiger partial charge in [0.2, 0.25) is 11.8 Å². The molecule has 0 aromatic heterocycles. The van der Waals surface area contributed by atoms with Crippen molar-refractivity contribution < 1.29 is 9.59 Å². The average Bonchev–Trinajstić information content (AvgIpc) is 2.40. The first kappa shape index (κ1) is 18.7. The van der Waals surface area contributed by atoms with Crippen LogP contribution in [0.15, 0.2) is 18.2 Å². The molecule has 1 rings (SSSR count). The summed E-state index contributed by atoms with van der Waals surface area (Å²) < 4.78 is 0. The minimum atomic E-state index is -0.299. The molecule has 7 heteroatoms. The number of amides is 2. The van der Waals surface area contributed by atoms with Gasteiger partial charge >= 0.3 is 0 Å². The number of hydrogen-bond acceptors (Lipinski definition) is 3. The number of likely N-dealkylation sites (N-methyl/N-ethyl adjacent to an activating group) is 1. The molecular weight excluding hydrogens is 325 g/mol. The Balaban J connectivity index is 2.24. The van der Waals surface area contributed by atoms with E-state index in [-0.39, 0.29) is 18.2 Å². The van der Waals surface area contributed by atoms with Gasteiger partial charge in [0.15, 0.2) is 0 Å². The van der Waals surface area contributed by atoms with E-state index >= 15 is 0 Å². The lowest BCUT2D eigenvalue weighted by atomic mass is 10.1. The maximum absolute atomic E-state index is 11.6. The summed E-state index contributed by atoms with van der Waals surface area (Å²) in [5.74, 6) is -0.573. The zero-order chi connectivity index (χ0) is 16.5. The minimum absolute atomic E-state index is 0.165. The van der Waals surface area contributed by atoms with Gasteiger partial charge in [0.05, 0.1) is 0 Å². The van der Waals surface area contributed by atoms with Crippen LogP contribution < -0.4 is 10.6 Å². The summed E-state index contributed by atoms with van der Waals surface area (Å²) in [5.41, 5.74) is 0.904. The maximum atomic E-state index is 11.6. The first-order chi connectivity index (χ1) is 10.4. The van der Waals surface area contributed by atoms with Gasteiger partial charge in [-0.25, -0.2) is 0 Å². The Morgan fingerprint density at radius 2 is 1.73 bits per heavy atom. The van der Waals surface area contributed by atoms with Crippen LogP contribution in [0.3, 0.4) is 0 Å². The molecule has 0 radical (unpaired) electrons. The van der Waals surface area contributed by atoms with Crippen molar-refractivity contribution in [2.45, 2.75) is 12.8 Å². The topological polar surface area (TPSA) is 61.4 Å². The molecule has 0 saturated heterocycles. The normalized spacial score (nSPS) is 10.6. The number of halogens is 2. The number of nitrogens with zero attached hydrogens (tertiary/aromatic N) is 1. The largest absolute Gasteiger partial charge is 0.355 e. The molecule has 0 aliphatic carbocycles. The van der Waals surface area contributed by atoms with Crippen LogP contribution in [0.25, 0.3) is 0 Å². The molecule has 0 unspecified atom stereocenters. The fourth-order valence-electron chi connectivity index (χ4n) is 1.75. The first-order valence-corrected chi connectivity index (χ1v) is 7.76. The highest BCUT2D eigenvalue weighted by atomic mass is 35.5. The molecule has 0 aliphatic heterocycles. The van der Waals surface area contributed by atoms with Gasteiger partial charge in [0, 0.05) is 29.7 Å². The van der Waals surface area contributed by atoms with E-state index in [1.54, 1.807) is 12.1 Å². The highest BCUT2D eigenvalue weighted by molar-refractivity contribution is 6.35. The van der Waals surface area contributed by atoms with Crippen molar-refractivity contribution in [3.63, 3.8) is 0 Å². The number of carbonyl (C=O) groups is 2. The van der Waals surface area contributed by atoms with Crippen molar-refractivity contribution in [2.75, 3.05) is 33.7 Å². The molecule has 0 atom stereocenters. The Morgan fingerprint density at radius 1 is 1.09 bits per heavy atom. The second kappa shape index (κ2) is 9.66. The Morgan fingerprint density at radius 3 is 2.32 bits per heavy atom. The molecule has 0 saturated carbocycles. The fourth-order valence-corrected chi connectivity index (χ4v) is 2.25. The standard InChI is InChI=1S/C15H21Cl2N3O2/c1-20(2)8-7-19-15(22)10-14(21)18-6-5-11-3-4-12(16)9-13(11)17/h3-4,9H,5-8,10H2,1-2H3,(H,18,21)(H,19,22). The van der Waals surface area contributed by atoms with Crippen LogP contribution in [-0.2, 0) is 16.0 Å². The van der Waals surface area contributed by atoms with E-state index in [9.17, 15) is 9.59 Å². The summed E-state index contributed by atoms with van der Waals surface area (Å²) in [6.45, 7) is 1.69. The summed E-state index contributed by atoms with van der Waals surface area (Å²) in [7, 11) is 3.83. The predicted octanol–water partition coefficient (Wildman–Crippen LogP) is 1.72. The monoisotopic (exact) mass is 345 g/mol. The van der Waals surface area contributed by atoms with Gasteiger partial charge in [0.1, 0.15) is 6.42 Å². The van der Waals surface area contributed by atoms with Crippen LogP contribution in [0.2, 0.25) is 10.0 Å². The quantitative estimate of drug-likeness (QED) is 0.705. The molecule has 0 spiro atoms. The van der Waals surface area contributed by atoms with Crippen LogP contribution in [0.5, 0.6) is 0 Å². The van der Waals surface area contributed by atoms with Gasteiger partial charge in [-0.15, -0.1) is 0 Å². The Hall–Kier alpha value is -1.30. The van der Waals surface area contributed by atoms with E-state index in [2.05, 4.69) is 10.6 Å².